The highest BCUT2D eigenvalue weighted by Gasteiger charge is 2.24. The van der Waals surface area contributed by atoms with E-state index in [2.05, 4.69) is 24.3 Å². The van der Waals surface area contributed by atoms with Crippen molar-refractivity contribution in [3.63, 3.8) is 0 Å². The second kappa shape index (κ2) is 8.30. The average Bonchev–Trinajstić information content (AvgIpc) is 3.51. The van der Waals surface area contributed by atoms with Crippen LogP contribution in [0.15, 0.2) is 48.5 Å². The molecule has 138 valence electrons. The van der Waals surface area contributed by atoms with Gasteiger partial charge in [0.05, 0.1) is 19.3 Å². The summed E-state index contributed by atoms with van der Waals surface area (Å²) >= 11 is 0. The van der Waals surface area contributed by atoms with Crippen LogP contribution in [0.5, 0.6) is 0 Å². The molecule has 3 nitrogen and oxygen atoms in total. The third-order valence-electron chi connectivity index (χ3n) is 5.33. The van der Waals surface area contributed by atoms with Crippen molar-refractivity contribution in [1.29, 1.82) is 0 Å². The lowest BCUT2D eigenvalue weighted by molar-refractivity contribution is -0.102. The van der Waals surface area contributed by atoms with Crippen LogP contribution in [0.25, 0.3) is 11.1 Å². The molecule has 4 rings (SSSR count). The molecule has 2 fully saturated rings. The number of hydrogen-bond donors (Lipinski definition) is 0. The van der Waals surface area contributed by atoms with E-state index in [9.17, 15) is 4.39 Å². The fraction of sp³-hybridized carbons (Fsp3) is 0.455. The number of benzene rings is 2. The lowest BCUT2D eigenvalue weighted by Crippen LogP contribution is -2.22. The Labute approximate surface area is 154 Å². The summed E-state index contributed by atoms with van der Waals surface area (Å²) in [5, 5.41) is 0. The van der Waals surface area contributed by atoms with Gasteiger partial charge < -0.3 is 14.2 Å². The minimum absolute atomic E-state index is 0.198. The van der Waals surface area contributed by atoms with E-state index in [-0.39, 0.29) is 5.82 Å². The zero-order chi connectivity index (χ0) is 17.8. The van der Waals surface area contributed by atoms with Crippen molar-refractivity contribution < 1.29 is 18.6 Å². The van der Waals surface area contributed by atoms with Gasteiger partial charge in [-0.05, 0) is 60.4 Å². The maximum Gasteiger partial charge on any atom is 0.147 e. The quantitative estimate of drug-likeness (QED) is 0.401. The van der Waals surface area contributed by atoms with Crippen molar-refractivity contribution in [3.05, 3.63) is 59.9 Å². The molecule has 2 aromatic rings. The molecule has 0 radical (unpaired) electrons. The maximum absolute atomic E-state index is 13.1. The zero-order valence-corrected chi connectivity index (χ0v) is 14.9. The van der Waals surface area contributed by atoms with Gasteiger partial charge in [0.2, 0.25) is 0 Å². The van der Waals surface area contributed by atoms with Gasteiger partial charge in [-0.25, -0.2) is 4.39 Å². The molecule has 0 bridgehead atoms. The Hall–Kier alpha value is -1.75. The van der Waals surface area contributed by atoms with Crippen LogP contribution in [0.4, 0.5) is 4.39 Å². The largest absolute Gasteiger partial charge is 0.371 e. The second-order valence-electron chi connectivity index (χ2n) is 7.21. The third-order valence-corrected chi connectivity index (χ3v) is 5.33. The van der Waals surface area contributed by atoms with Crippen LogP contribution >= 0.6 is 0 Å². The molecule has 0 spiro atoms. The van der Waals surface area contributed by atoms with Crippen LogP contribution in [-0.4, -0.2) is 32.2 Å². The summed E-state index contributed by atoms with van der Waals surface area (Å²) in [5.74, 6) is 0.397. The van der Waals surface area contributed by atoms with E-state index in [1.807, 2.05) is 12.1 Å². The fourth-order valence-corrected chi connectivity index (χ4v) is 3.64. The van der Waals surface area contributed by atoms with Gasteiger partial charge in [-0.1, -0.05) is 36.4 Å². The molecule has 1 aliphatic heterocycles. The Morgan fingerprint density at radius 1 is 0.885 bits per heavy atom. The van der Waals surface area contributed by atoms with E-state index in [1.165, 1.54) is 17.7 Å². The first-order chi connectivity index (χ1) is 12.8. The molecular formula is C22H25FO3. The average molecular weight is 356 g/mol. The predicted octanol–water partition coefficient (Wildman–Crippen LogP) is 4.91. The molecule has 2 aliphatic rings. The minimum atomic E-state index is -0.198. The normalized spacial score (nSPS) is 25.2. The number of ether oxygens (including phenoxy) is 3. The molecule has 1 atom stereocenters. The van der Waals surface area contributed by atoms with E-state index < -0.39 is 0 Å². The first-order valence-corrected chi connectivity index (χ1v) is 9.45. The van der Waals surface area contributed by atoms with E-state index in [1.54, 1.807) is 0 Å². The van der Waals surface area contributed by atoms with Crippen molar-refractivity contribution in [2.45, 2.75) is 43.8 Å². The summed E-state index contributed by atoms with van der Waals surface area (Å²) in [5.41, 5.74) is 3.56. The van der Waals surface area contributed by atoms with E-state index in [4.69, 9.17) is 14.2 Å². The monoisotopic (exact) mass is 356 g/mol. The first-order valence-electron chi connectivity index (χ1n) is 9.45. The number of rotatable bonds is 7. The molecule has 26 heavy (non-hydrogen) atoms. The second-order valence-corrected chi connectivity index (χ2v) is 7.21. The van der Waals surface area contributed by atoms with Crippen LogP contribution < -0.4 is 0 Å². The smallest absolute Gasteiger partial charge is 0.147 e. The van der Waals surface area contributed by atoms with Crippen LogP contribution in [0.1, 0.15) is 37.2 Å². The number of hydrogen-bond acceptors (Lipinski definition) is 3. The third kappa shape index (κ3) is 4.70. The Bertz CT molecular complexity index is 686. The fourth-order valence-electron chi connectivity index (χ4n) is 3.64. The van der Waals surface area contributed by atoms with Crippen LogP contribution in [0.3, 0.4) is 0 Å². The van der Waals surface area contributed by atoms with Crippen molar-refractivity contribution in [2.24, 2.45) is 0 Å². The van der Waals surface area contributed by atoms with Crippen molar-refractivity contribution in [3.8, 4) is 11.1 Å². The van der Waals surface area contributed by atoms with Gasteiger partial charge in [-0.2, -0.15) is 0 Å². The van der Waals surface area contributed by atoms with Gasteiger partial charge in [0, 0.05) is 0 Å². The summed E-state index contributed by atoms with van der Waals surface area (Å²) in [6.07, 6.45) is 5.05. The molecule has 1 saturated heterocycles. The molecule has 0 N–H and O–H groups in total. The van der Waals surface area contributed by atoms with Gasteiger partial charge in [-0.15, -0.1) is 0 Å². The van der Waals surface area contributed by atoms with Gasteiger partial charge in [0.15, 0.2) is 0 Å². The molecular weight excluding hydrogens is 331 g/mol. The molecule has 0 aromatic heterocycles. The van der Waals surface area contributed by atoms with E-state index >= 15 is 0 Å². The predicted molar refractivity (Wildman–Crippen MR) is 98.5 cm³/mol. The topological polar surface area (TPSA) is 31.0 Å². The Morgan fingerprint density at radius 2 is 1.50 bits per heavy atom. The molecule has 0 amide bonds. The van der Waals surface area contributed by atoms with Crippen LogP contribution in [0, 0.1) is 5.82 Å². The molecule has 1 aliphatic carbocycles. The van der Waals surface area contributed by atoms with Crippen LogP contribution in [-0.2, 0) is 14.2 Å². The lowest BCUT2D eigenvalue weighted by Gasteiger charge is -2.28. The minimum Gasteiger partial charge on any atom is -0.371 e. The Balaban J connectivity index is 1.25. The maximum atomic E-state index is 13.1. The highest BCUT2D eigenvalue weighted by atomic mass is 19.1. The van der Waals surface area contributed by atoms with Gasteiger partial charge >= 0.3 is 0 Å². The standard InChI is InChI=1S/C22H25FO3/c23-20-9-5-18(6-10-20)16-1-3-17(4-2-16)19-7-11-21(12-8-19)26-15-24-13-22-14-25-22/h1-6,9-10,19,21-22H,7-8,11-15H2. The summed E-state index contributed by atoms with van der Waals surface area (Å²) < 4.78 is 29.4. The van der Waals surface area contributed by atoms with E-state index in [0.29, 0.717) is 31.5 Å². The highest BCUT2D eigenvalue weighted by Crippen LogP contribution is 2.35. The van der Waals surface area contributed by atoms with Crippen molar-refractivity contribution in [2.75, 3.05) is 20.0 Å². The molecule has 1 heterocycles. The SMILES string of the molecule is Fc1ccc(-c2ccc(C3CCC(OCOCC4CO4)CC3)cc2)cc1. The summed E-state index contributed by atoms with van der Waals surface area (Å²) in [6.45, 7) is 1.85. The zero-order valence-electron chi connectivity index (χ0n) is 14.9. The summed E-state index contributed by atoms with van der Waals surface area (Å²) in [6, 6.07) is 15.4. The summed E-state index contributed by atoms with van der Waals surface area (Å²) in [4.78, 5) is 0. The highest BCUT2D eigenvalue weighted by molar-refractivity contribution is 5.63. The van der Waals surface area contributed by atoms with Crippen LogP contribution in [0.2, 0.25) is 0 Å². The molecule has 1 saturated carbocycles. The van der Waals surface area contributed by atoms with Gasteiger partial charge in [0.1, 0.15) is 18.7 Å². The lowest BCUT2D eigenvalue weighted by atomic mass is 9.82. The number of epoxide rings is 1. The van der Waals surface area contributed by atoms with Crippen molar-refractivity contribution in [1.82, 2.24) is 0 Å². The Kier molecular flexibility index (Phi) is 5.63. The molecule has 4 heteroatoms. The van der Waals surface area contributed by atoms with Gasteiger partial charge in [-0.3, -0.25) is 0 Å². The van der Waals surface area contributed by atoms with Crippen molar-refractivity contribution >= 4 is 0 Å². The van der Waals surface area contributed by atoms with Gasteiger partial charge in [0.25, 0.3) is 0 Å². The first kappa shape index (κ1) is 17.7. The van der Waals surface area contributed by atoms with E-state index in [0.717, 1.165) is 43.4 Å². The number of halogens is 1. The molecule has 1 unspecified atom stereocenters. The molecule has 2 aromatic carbocycles. The summed E-state index contributed by atoms with van der Waals surface area (Å²) in [7, 11) is 0. The Morgan fingerprint density at radius 3 is 2.12 bits per heavy atom.